The van der Waals surface area contributed by atoms with Crippen molar-refractivity contribution in [2.75, 3.05) is 19.7 Å². The van der Waals surface area contributed by atoms with Crippen molar-refractivity contribution < 1.29 is 32.4 Å². The minimum absolute atomic E-state index is 0. The van der Waals surface area contributed by atoms with E-state index in [1.165, 1.54) is 37.1 Å². The van der Waals surface area contributed by atoms with Gasteiger partial charge in [0.05, 0.1) is 19.7 Å². The minimum Gasteiger partial charge on any atom is -1.00 e. The topological polar surface area (TPSA) is 91.8 Å². The Labute approximate surface area is 201 Å². The van der Waals surface area contributed by atoms with Gasteiger partial charge in [0, 0.05) is 17.7 Å². The monoisotopic (exact) mass is 469 g/mol. The quantitative estimate of drug-likeness (QED) is 0.421. The number of carboxylic acids is 1. The molecule has 1 aliphatic rings. The summed E-state index contributed by atoms with van der Waals surface area (Å²) in [4.78, 5) is 11.3. The summed E-state index contributed by atoms with van der Waals surface area (Å²) < 4.78 is 5.96. The van der Waals surface area contributed by atoms with Gasteiger partial charge in [-0.3, -0.25) is 5.10 Å². The molecule has 0 atom stereocenters. The van der Waals surface area contributed by atoms with Gasteiger partial charge < -0.3 is 27.6 Å². The molecule has 0 saturated carbocycles. The molecule has 0 bridgehead atoms. The molecule has 33 heavy (non-hydrogen) atoms. The van der Waals surface area contributed by atoms with E-state index in [9.17, 15) is 9.90 Å². The molecule has 3 aromatic rings. The molecule has 4 N–H and O–H groups in total. The number of aromatic amines is 1. The van der Waals surface area contributed by atoms with Crippen molar-refractivity contribution >= 4 is 5.97 Å². The molecule has 1 aromatic heterocycles. The SMILES string of the molecule is Cc1[nH]nc(C(=O)O)c1Cc1ccc(Cc2ccc(OCCC3CC[NH2+]CC3)cc2)cc1.[Cl-]. The summed E-state index contributed by atoms with van der Waals surface area (Å²) >= 11 is 0. The zero-order valence-electron chi connectivity index (χ0n) is 19.0. The number of quaternary nitrogens is 1. The number of carboxylic acid groups (broad SMARTS) is 1. The number of aromatic carboxylic acids is 1. The summed E-state index contributed by atoms with van der Waals surface area (Å²) in [6.07, 6.45) is 5.17. The number of aryl methyl sites for hydroxylation is 1. The zero-order valence-corrected chi connectivity index (χ0v) is 19.8. The fourth-order valence-corrected chi connectivity index (χ4v) is 4.39. The van der Waals surface area contributed by atoms with E-state index in [0.717, 1.165) is 47.9 Å². The van der Waals surface area contributed by atoms with Crippen molar-refractivity contribution in [2.45, 2.75) is 39.0 Å². The molecule has 0 radical (unpaired) electrons. The number of rotatable bonds is 9. The van der Waals surface area contributed by atoms with E-state index in [2.05, 4.69) is 64.0 Å². The van der Waals surface area contributed by atoms with Crippen LogP contribution < -0.4 is 22.5 Å². The first-order valence-corrected chi connectivity index (χ1v) is 11.5. The number of hydrogen-bond donors (Lipinski definition) is 3. The standard InChI is InChI=1S/C26H31N3O3.ClH/c1-18-24(25(26(30)31)29-28-18)17-22-4-2-20(3-5-22)16-21-6-8-23(9-7-21)32-15-12-19-10-13-27-14-11-19;/h2-9,19,27H,10-17H2,1H3,(H,28,29)(H,30,31);1H. The predicted molar refractivity (Wildman–Crippen MR) is 123 cm³/mol. The van der Waals surface area contributed by atoms with E-state index >= 15 is 0 Å². The van der Waals surface area contributed by atoms with Gasteiger partial charge in [0.25, 0.3) is 0 Å². The third-order valence-electron chi connectivity index (χ3n) is 6.36. The normalized spacial score (nSPS) is 14.0. The summed E-state index contributed by atoms with van der Waals surface area (Å²) in [7, 11) is 0. The maximum Gasteiger partial charge on any atom is 0.356 e. The van der Waals surface area contributed by atoms with Gasteiger partial charge in [-0.2, -0.15) is 5.10 Å². The molecule has 1 aliphatic heterocycles. The van der Waals surface area contributed by atoms with Crippen LogP contribution in [0.25, 0.3) is 0 Å². The number of H-pyrrole nitrogens is 1. The molecule has 0 aliphatic carbocycles. The van der Waals surface area contributed by atoms with E-state index < -0.39 is 5.97 Å². The summed E-state index contributed by atoms with van der Waals surface area (Å²) in [5, 5.41) is 18.4. The van der Waals surface area contributed by atoms with Crippen LogP contribution in [0.1, 0.15) is 57.7 Å². The molecule has 0 unspecified atom stereocenters. The number of piperidine rings is 1. The van der Waals surface area contributed by atoms with Crippen molar-refractivity contribution in [3.8, 4) is 5.75 Å². The molecule has 4 rings (SSSR count). The number of ether oxygens (including phenoxy) is 1. The first kappa shape index (κ1) is 24.8. The number of halogens is 1. The van der Waals surface area contributed by atoms with Gasteiger partial charge in [-0.25, -0.2) is 4.79 Å². The third kappa shape index (κ3) is 6.83. The molecule has 6 nitrogen and oxygen atoms in total. The van der Waals surface area contributed by atoms with Crippen LogP contribution in [0.4, 0.5) is 0 Å². The molecule has 176 valence electrons. The van der Waals surface area contributed by atoms with E-state index in [-0.39, 0.29) is 18.1 Å². The highest BCUT2D eigenvalue weighted by molar-refractivity contribution is 5.87. The summed E-state index contributed by atoms with van der Waals surface area (Å²) in [5.41, 5.74) is 5.17. The van der Waals surface area contributed by atoms with Crippen LogP contribution in [0.15, 0.2) is 48.5 Å². The molecular weight excluding hydrogens is 438 g/mol. The lowest BCUT2D eigenvalue weighted by molar-refractivity contribution is -0.664. The van der Waals surface area contributed by atoms with E-state index in [4.69, 9.17) is 4.74 Å². The van der Waals surface area contributed by atoms with Gasteiger partial charge in [-0.05, 0) is 67.3 Å². The minimum atomic E-state index is -0.999. The van der Waals surface area contributed by atoms with Crippen molar-refractivity contribution in [1.82, 2.24) is 10.2 Å². The van der Waals surface area contributed by atoms with Gasteiger partial charge in [-0.15, -0.1) is 0 Å². The fourth-order valence-electron chi connectivity index (χ4n) is 4.39. The third-order valence-corrected chi connectivity index (χ3v) is 6.36. The summed E-state index contributed by atoms with van der Waals surface area (Å²) in [6, 6.07) is 16.7. The molecule has 2 aromatic carbocycles. The van der Waals surface area contributed by atoms with Crippen LogP contribution >= 0.6 is 0 Å². The number of aromatic nitrogens is 2. The molecular formula is C26H32ClN3O3. The number of benzene rings is 2. The Kier molecular flexibility index (Phi) is 8.92. The highest BCUT2D eigenvalue weighted by Gasteiger charge is 2.17. The lowest BCUT2D eigenvalue weighted by Gasteiger charge is -2.20. The lowest BCUT2D eigenvalue weighted by atomic mass is 9.95. The average Bonchev–Trinajstić information content (AvgIpc) is 3.17. The molecule has 0 amide bonds. The second kappa shape index (κ2) is 11.9. The van der Waals surface area contributed by atoms with Crippen LogP contribution in [0, 0.1) is 12.8 Å². The lowest BCUT2D eigenvalue weighted by Crippen LogP contribution is -3.00. The number of carbonyl (C=O) groups is 1. The highest BCUT2D eigenvalue weighted by atomic mass is 35.5. The average molecular weight is 470 g/mol. The molecule has 0 spiro atoms. The Morgan fingerprint density at radius 1 is 1.03 bits per heavy atom. The van der Waals surface area contributed by atoms with Gasteiger partial charge in [0.15, 0.2) is 5.69 Å². The Morgan fingerprint density at radius 2 is 1.61 bits per heavy atom. The number of nitrogens with one attached hydrogen (secondary N) is 1. The van der Waals surface area contributed by atoms with Crippen molar-refractivity contribution in [3.05, 3.63) is 82.2 Å². The van der Waals surface area contributed by atoms with Crippen molar-refractivity contribution in [2.24, 2.45) is 5.92 Å². The predicted octanol–water partition coefficient (Wildman–Crippen LogP) is 0.344. The van der Waals surface area contributed by atoms with Crippen LogP contribution in [-0.2, 0) is 12.8 Å². The Bertz CT molecular complexity index is 1030. The van der Waals surface area contributed by atoms with Crippen molar-refractivity contribution in [3.63, 3.8) is 0 Å². The van der Waals surface area contributed by atoms with Crippen LogP contribution in [0.3, 0.4) is 0 Å². The Morgan fingerprint density at radius 3 is 2.21 bits per heavy atom. The smallest absolute Gasteiger partial charge is 0.356 e. The first-order valence-electron chi connectivity index (χ1n) is 11.5. The Hall–Kier alpha value is -2.83. The number of nitrogens with zero attached hydrogens (tertiary/aromatic N) is 1. The molecule has 1 saturated heterocycles. The molecule has 2 heterocycles. The zero-order chi connectivity index (χ0) is 22.3. The molecule has 1 fully saturated rings. The van der Waals surface area contributed by atoms with Gasteiger partial charge in [0.1, 0.15) is 5.75 Å². The summed E-state index contributed by atoms with van der Waals surface area (Å²) in [6.45, 7) is 5.16. The van der Waals surface area contributed by atoms with Gasteiger partial charge in [0.2, 0.25) is 0 Å². The van der Waals surface area contributed by atoms with E-state index in [0.29, 0.717) is 6.42 Å². The molecule has 7 heteroatoms. The summed E-state index contributed by atoms with van der Waals surface area (Å²) in [5.74, 6) is 0.757. The number of nitrogens with two attached hydrogens (primary N) is 1. The maximum atomic E-state index is 11.3. The second-order valence-electron chi connectivity index (χ2n) is 8.74. The van der Waals surface area contributed by atoms with E-state index in [1.54, 1.807) is 0 Å². The largest absolute Gasteiger partial charge is 1.00 e. The van der Waals surface area contributed by atoms with E-state index in [1.807, 2.05) is 6.92 Å². The van der Waals surface area contributed by atoms with Crippen LogP contribution in [0.5, 0.6) is 5.75 Å². The Balaban J connectivity index is 0.00000306. The first-order chi connectivity index (χ1) is 15.6. The van der Waals surface area contributed by atoms with Crippen LogP contribution in [-0.4, -0.2) is 41.0 Å². The maximum absolute atomic E-state index is 11.3. The van der Waals surface area contributed by atoms with Gasteiger partial charge in [-0.1, -0.05) is 36.4 Å². The highest BCUT2D eigenvalue weighted by Crippen LogP contribution is 2.20. The van der Waals surface area contributed by atoms with Gasteiger partial charge >= 0.3 is 5.97 Å². The fraction of sp³-hybridized carbons (Fsp3) is 0.385. The number of hydrogen-bond acceptors (Lipinski definition) is 3. The van der Waals surface area contributed by atoms with Crippen LogP contribution in [0.2, 0.25) is 0 Å². The van der Waals surface area contributed by atoms with Crippen molar-refractivity contribution in [1.29, 1.82) is 0 Å². The second-order valence-corrected chi connectivity index (χ2v) is 8.74.